The van der Waals surface area contributed by atoms with E-state index in [1.807, 2.05) is 47.5 Å². The van der Waals surface area contributed by atoms with Gasteiger partial charge in [-0.25, -0.2) is 9.97 Å². The number of anilines is 1. The van der Waals surface area contributed by atoms with Gasteiger partial charge in [-0.1, -0.05) is 30.3 Å². The summed E-state index contributed by atoms with van der Waals surface area (Å²) in [5, 5.41) is 14.7. The molecule has 1 aliphatic heterocycles. The van der Waals surface area contributed by atoms with Gasteiger partial charge in [-0.3, -0.25) is 9.89 Å². The van der Waals surface area contributed by atoms with Crippen LogP contribution in [-0.4, -0.2) is 37.5 Å². The summed E-state index contributed by atoms with van der Waals surface area (Å²) in [7, 11) is 0. The Balaban J connectivity index is 1.32. The summed E-state index contributed by atoms with van der Waals surface area (Å²) < 4.78 is 0. The number of benzene rings is 1. The molecule has 8 heteroatoms. The van der Waals surface area contributed by atoms with Gasteiger partial charge in [-0.15, -0.1) is 11.3 Å². The number of H-pyrrole nitrogens is 1. The number of aromatic nitrogens is 4. The molecule has 1 saturated heterocycles. The van der Waals surface area contributed by atoms with Gasteiger partial charge in [0.2, 0.25) is 5.91 Å². The molecule has 0 radical (unpaired) electrons. The number of nitrogens with one attached hydrogen (secondary N) is 2. The number of aromatic amines is 1. The minimum absolute atomic E-state index is 0.000612. The molecule has 1 fully saturated rings. The molecule has 0 saturated carbocycles. The first-order valence-corrected chi connectivity index (χ1v) is 11.4. The van der Waals surface area contributed by atoms with Crippen LogP contribution in [0.15, 0.2) is 47.8 Å². The minimum Gasteiger partial charge on any atom is -0.364 e. The molecule has 1 amide bonds. The highest BCUT2D eigenvalue weighted by molar-refractivity contribution is 7.09. The SMILES string of the molecule is Cc1nc(CC(=O)N2CCCC2c2ccc3c(NCc4ccccc4)n[nH]c3n2)cs1. The average molecular weight is 433 g/mol. The number of likely N-dealkylation sites (tertiary alicyclic amines) is 1. The number of amides is 1. The van der Waals surface area contributed by atoms with Crippen LogP contribution in [-0.2, 0) is 17.8 Å². The van der Waals surface area contributed by atoms with E-state index in [1.54, 1.807) is 11.3 Å². The Kier molecular flexibility index (Phi) is 5.38. The molecule has 7 nitrogen and oxygen atoms in total. The van der Waals surface area contributed by atoms with Crippen LogP contribution in [0.2, 0.25) is 0 Å². The van der Waals surface area contributed by atoms with Crippen LogP contribution in [0.4, 0.5) is 5.82 Å². The van der Waals surface area contributed by atoms with Gasteiger partial charge in [0.1, 0.15) is 0 Å². The lowest BCUT2D eigenvalue weighted by atomic mass is 10.1. The predicted molar refractivity (Wildman–Crippen MR) is 122 cm³/mol. The van der Waals surface area contributed by atoms with Crippen molar-refractivity contribution in [3.8, 4) is 0 Å². The molecule has 0 aliphatic carbocycles. The Morgan fingerprint density at radius 3 is 2.90 bits per heavy atom. The third kappa shape index (κ3) is 4.16. The van der Waals surface area contributed by atoms with Crippen LogP contribution in [0.5, 0.6) is 0 Å². The summed E-state index contributed by atoms with van der Waals surface area (Å²) >= 11 is 1.58. The molecule has 3 aromatic heterocycles. The van der Waals surface area contributed by atoms with E-state index in [9.17, 15) is 4.79 Å². The second-order valence-electron chi connectivity index (χ2n) is 7.82. The van der Waals surface area contributed by atoms with Crippen molar-refractivity contribution in [2.45, 2.75) is 38.8 Å². The summed E-state index contributed by atoms with van der Waals surface area (Å²) in [6, 6.07) is 14.3. The van der Waals surface area contributed by atoms with Crippen molar-refractivity contribution < 1.29 is 4.79 Å². The zero-order valence-corrected chi connectivity index (χ0v) is 18.2. The van der Waals surface area contributed by atoms with E-state index >= 15 is 0 Å². The number of nitrogens with zero attached hydrogens (tertiary/aromatic N) is 4. The molecule has 1 atom stereocenters. The molecule has 1 unspecified atom stereocenters. The first kappa shape index (κ1) is 19.7. The lowest BCUT2D eigenvalue weighted by Gasteiger charge is -2.24. The normalized spacial score (nSPS) is 16.2. The van der Waals surface area contributed by atoms with E-state index in [2.05, 4.69) is 32.6 Å². The average Bonchev–Trinajstić information content (AvgIpc) is 3.52. The lowest BCUT2D eigenvalue weighted by molar-refractivity contribution is -0.131. The van der Waals surface area contributed by atoms with Crippen molar-refractivity contribution in [3.05, 3.63) is 69.8 Å². The highest BCUT2D eigenvalue weighted by atomic mass is 32.1. The topological polar surface area (TPSA) is 86.8 Å². The second kappa shape index (κ2) is 8.47. The zero-order chi connectivity index (χ0) is 21.2. The van der Waals surface area contributed by atoms with Gasteiger partial charge >= 0.3 is 0 Å². The quantitative estimate of drug-likeness (QED) is 0.476. The van der Waals surface area contributed by atoms with Crippen LogP contribution >= 0.6 is 11.3 Å². The zero-order valence-electron chi connectivity index (χ0n) is 17.3. The molecule has 2 N–H and O–H groups in total. The second-order valence-corrected chi connectivity index (χ2v) is 8.89. The maximum absolute atomic E-state index is 12.9. The largest absolute Gasteiger partial charge is 0.364 e. The Bertz CT molecular complexity index is 1200. The summed E-state index contributed by atoms with van der Waals surface area (Å²) in [4.78, 5) is 24.1. The fraction of sp³-hybridized carbons (Fsp3) is 0.304. The molecule has 158 valence electrons. The number of rotatable bonds is 6. The Morgan fingerprint density at radius 2 is 2.10 bits per heavy atom. The first-order chi connectivity index (χ1) is 15.2. The van der Waals surface area contributed by atoms with Crippen molar-refractivity contribution in [3.63, 3.8) is 0 Å². The minimum atomic E-state index is 0.000612. The van der Waals surface area contributed by atoms with Crippen LogP contribution in [0, 0.1) is 6.92 Å². The molecule has 1 aliphatic rings. The van der Waals surface area contributed by atoms with E-state index in [0.717, 1.165) is 52.6 Å². The van der Waals surface area contributed by atoms with Gasteiger partial charge in [0.25, 0.3) is 0 Å². The van der Waals surface area contributed by atoms with E-state index in [4.69, 9.17) is 4.98 Å². The van der Waals surface area contributed by atoms with Crippen LogP contribution in [0.3, 0.4) is 0 Å². The van der Waals surface area contributed by atoms with E-state index in [-0.39, 0.29) is 11.9 Å². The van der Waals surface area contributed by atoms with E-state index < -0.39 is 0 Å². The Hall–Kier alpha value is -3.26. The van der Waals surface area contributed by atoms with E-state index in [1.165, 1.54) is 5.56 Å². The number of aryl methyl sites for hydroxylation is 1. The van der Waals surface area contributed by atoms with Gasteiger partial charge in [-0.2, -0.15) is 5.10 Å². The number of hydrogen-bond acceptors (Lipinski definition) is 6. The molecule has 4 heterocycles. The number of thiazole rings is 1. The highest BCUT2D eigenvalue weighted by Crippen LogP contribution is 2.33. The molecule has 4 aromatic rings. The Morgan fingerprint density at radius 1 is 1.23 bits per heavy atom. The summed E-state index contributed by atoms with van der Waals surface area (Å²) in [5.41, 5.74) is 3.69. The fourth-order valence-electron chi connectivity index (χ4n) is 4.14. The summed E-state index contributed by atoms with van der Waals surface area (Å²) in [6.07, 6.45) is 2.26. The van der Waals surface area contributed by atoms with Crippen molar-refractivity contribution >= 4 is 34.1 Å². The third-order valence-electron chi connectivity index (χ3n) is 5.66. The van der Waals surface area contributed by atoms with Crippen molar-refractivity contribution in [2.24, 2.45) is 0 Å². The number of fused-ring (bicyclic) bond motifs is 1. The predicted octanol–water partition coefficient (Wildman–Crippen LogP) is 4.24. The molecule has 0 spiro atoms. The maximum Gasteiger partial charge on any atom is 0.229 e. The third-order valence-corrected chi connectivity index (χ3v) is 6.48. The fourth-order valence-corrected chi connectivity index (χ4v) is 4.75. The monoisotopic (exact) mass is 432 g/mol. The van der Waals surface area contributed by atoms with Gasteiger partial charge in [0, 0.05) is 18.5 Å². The molecule has 1 aromatic carbocycles. The van der Waals surface area contributed by atoms with Crippen LogP contribution < -0.4 is 5.32 Å². The van der Waals surface area contributed by atoms with Gasteiger partial charge in [-0.05, 0) is 37.5 Å². The van der Waals surface area contributed by atoms with Crippen LogP contribution in [0.1, 0.15) is 40.8 Å². The van der Waals surface area contributed by atoms with Crippen molar-refractivity contribution in [2.75, 3.05) is 11.9 Å². The summed E-state index contributed by atoms with van der Waals surface area (Å²) in [6.45, 7) is 3.42. The van der Waals surface area contributed by atoms with Gasteiger partial charge in [0.15, 0.2) is 11.5 Å². The first-order valence-electron chi connectivity index (χ1n) is 10.5. The van der Waals surface area contributed by atoms with Gasteiger partial charge in [0.05, 0.1) is 34.2 Å². The number of carbonyl (C=O) groups is 1. The van der Waals surface area contributed by atoms with Crippen LogP contribution in [0.25, 0.3) is 11.0 Å². The smallest absolute Gasteiger partial charge is 0.229 e. The Labute approximate surface area is 184 Å². The molecule has 31 heavy (non-hydrogen) atoms. The number of hydrogen-bond donors (Lipinski definition) is 2. The van der Waals surface area contributed by atoms with E-state index in [0.29, 0.717) is 13.0 Å². The molecular formula is C23H24N6OS. The number of carbonyl (C=O) groups excluding carboxylic acids is 1. The molecule has 5 rings (SSSR count). The molecular weight excluding hydrogens is 408 g/mol. The van der Waals surface area contributed by atoms with Crippen molar-refractivity contribution in [1.82, 2.24) is 25.1 Å². The highest BCUT2D eigenvalue weighted by Gasteiger charge is 2.31. The lowest BCUT2D eigenvalue weighted by Crippen LogP contribution is -2.32. The molecule has 0 bridgehead atoms. The summed E-state index contributed by atoms with van der Waals surface area (Å²) in [5.74, 6) is 0.903. The number of pyridine rings is 1. The van der Waals surface area contributed by atoms with Gasteiger partial charge < -0.3 is 10.2 Å². The van der Waals surface area contributed by atoms with Crippen molar-refractivity contribution in [1.29, 1.82) is 0 Å². The standard InChI is InChI=1S/C23H24N6OS/c1-15-25-17(14-31-15)12-21(30)29-11-5-8-20(29)19-10-9-18-22(27-28-23(18)26-19)24-13-16-6-3-2-4-7-16/h2-4,6-7,9-10,14,20H,5,8,11-13H2,1H3,(H2,24,26,27,28). The maximum atomic E-state index is 12.9.